The summed E-state index contributed by atoms with van der Waals surface area (Å²) in [6.45, 7) is 4.16. The van der Waals surface area contributed by atoms with E-state index in [1.807, 2.05) is 9.80 Å². The maximum Gasteiger partial charge on any atom is 0.414 e. The summed E-state index contributed by atoms with van der Waals surface area (Å²) in [5, 5.41) is 3.36. The molecule has 1 aromatic heterocycles. The first-order valence-corrected chi connectivity index (χ1v) is 12.8. The summed E-state index contributed by atoms with van der Waals surface area (Å²) in [6.07, 6.45) is -1.08. The molecule has 0 saturated carbocycles. The molecule has 2 fully saturated rings. The highest BCUT2D eigenvalue weighted by Crippen LogP contribution is 2.29. The Morgan fingerprint density at radius 1 is 1.16 bits per heavy atom. The number of anilines is 2. The zero-order chi connectivity index (χ0) is 27.0. The Kier molecular flexibility index (Phi) is 7.42. The van der Waals surface area contributed by atoms with Gasteiger partial charge in [0.2, 0.25) is 11.7 Å². The van der Waals surface area contributed by atoms with Crippen molar-refractivity contribution in [2.24, 2.45) is 0 Å². The number of Topliss-reactive ketones (excluding diaryl/α,β-unsaturated/α-hetero) is 1. The first kappa shape index (κ1) is 26.2. The number of imidazole rings is 1. The third-order valence-electron chi connectivity index (χ3n) is 6.56. The number of piperazine rings is 1. The van der Waals surface area contributed by atoms with Crippen molar-refractivity contribution >= 4 is 63.4 Å². The lowest BCUT2D eigenvalue weighted by molar-refractivity contribution is -0.119. The number of carbonyl (C=O) groups excluding carboxylic acids is 3. The van der Waals surface area contributed by atoms with Crippen LogP contribution in [0.4, 0.5) is 20.6 Å². The van der Waals surface area contributed by atoms with Crippen LogP contribution in [0, 0.1) is 5.82 Å². The molecule has 2 amide bonds. The summed E-state index contributed by atoms with van der Waals surface area (Å²) < 4.78 is 20.3. The maximum absolute atomic E-state index is 15.1. The number of amides is 2. The monoisotopic (exact) mass is 562 g/mol. The van der Waals surface area contributed by atoms with Crippen molar-refractivity contribution in [1.29, 1.82) is 0 Å². The Morgan fingerprint density at radius 2 is 1.89 bits per heavy atom. The van der Waals surface area contributed by atoms with Gasteiger partial charge in [-0.2, -0.15) is 0 Å². The lowest BCUT2D eigenvalue weighted by Crippen LogP contribution is -2.48. The largest absolute Gasteiger partial charge is 0.442 e. The predicted octanol–water partition coefficient (Wildman–Crippen LogP) is 3.48. The van der Waals surface area contributed by atoms with Crippen LogP contribution in [0.2, 0.25) is 10.0 Å². The zero-order valence-corrected chi connectivity index (χ0v) is 22.0. The van der Waals surface area contributed by atoms with Crippen LogP contribution in [0.3, 0.4) is 0 Å². The van der Waals surface area contributed by atoms with Gasteiger partial charge in [0.15, 0.2) is 5.82 Å². The van der Waals surface area contributed by atoms with Crippen molar-refractivity contribution in [3.63, 3.8) is 0 Å². The van der Waals surface area contributed by atoms with Gasteiger partial charge in [0, 0.05) is 33.1 Å². The highest BCUT2D eigenvalue weighted by molar-refractivity contribution is 6.42. The Labute approximate surface area is 227 Å². The van der Waals surface area contributed by atoms with E-state index in [-0.39, 0.29) is 37.1 Å². The predicted molar refractivity (Wildman–Crippen MR) is 142 cm³/mol. The molecule has 0 radical (unpaired) electrons. The van der Waals surface area contributed by atoms with Gasteiger partial charge in [0.05, 0.1) is 52.1 Å². The van der Waals surface area contributed by atoms with E-state index in [4.69, 9.17) is 27.9 Å². The number of aromatic amines is 1. The van der Waals surface area contributed by atoms with Crippen molar-refractivity contribution in [2.75, 3.05) is 55.6 Å². The first-order chi connectivity index (χ1) is 18.2. The Balaban J connectivity index is 1.17. The number of H-pyrrole nitrogens is 1. The van der Waals surface area contributed by atoms with E-state index in [9.17, 15) is 14.4 Å². The SMILES string of the molecule is CC(=O)NC[C@H]1CN(c2ccc(N3CCN(CC(=O)c4nc5cc(Cl)c(Cl)cc5[nH]4)CC3)c(F)c2)C(=O)O1. The fourth-order valence-electron chi connectivity index (χ4n) is 4.58. The quantitative estimate of drug-likeness (QED) is 0.424. The summed E-state index contributed by atoms with van der Waals surface area (Å²) in [5.74, 6) is -0.594. The third-order valence-corrected chi connectivity index (χ3v) is 7.29. The molecular formula is C25H25Cl2FN6O4. The molecule has 200 valence electrons. The second-order valence-electron chi connectivity index (χ2n) is 9.24. The normalized spacial score (nSPS) is 18.2. The lowest BCUT2D eigenvalue weighted by atomic mass is 10.2. The smallest absolute Gasteiger partial charge is 0.414 e. The number of carbonyl (C=O) groups is 3. The molecule has 2 aliphatic rings. The van der Waals surface area contributed by atoms with E-state index in [0.29, 0.717) is 58.6 Å². The van der Waals surface area contributed by atoms with Gasteiger partial charge in [-0.15, -0.1) is 0 Å². The van der Waals surface area contributed by atoms with Gasteiger partial charge < -0.3 is 19.9 Å². The molecule has 3 heterocycles. The number of benzene rings is 2. The van der Waals surface area contributed by atoms with Crippen LogP contribution in [-0.4, -0.2) is 84.6 Å². The number of hydrogen-bond acceptors (Lipinski definition) is 7. The molecule has 0 bridgehead atoms. The highest BCUT2D eigenvalue weighted by Gasteiger charge is 2.33. The van der Waals surface area contributed by atoms with Crippen LogP contribution in [0.1, 0.15) is 17.5 Å². The zero-order valence-electron chi connectivity index (χ0n) is 20.5. The van der Waals surface area contributed by atoms with Crippen LogP contribution in [0.15, 0.2) is 30.3 Å². The molecule has 2 N–H and O–H groups in total. The molecule has 10 nitrogen and oxygen atoms in total. The average Bonchev–Trinajstić information content (AvgIpc) is 3.46. The van der Waals surface area contributed by atoms with Crippen LogP contribution in [-0.2, 0) is 9.53 Å². The molecular weight excluding hydrogens is 538 g/mol. The average molecular weight is 563 g/mol. The van der Waals surface area contributed by atoms with Crippen LogP contribution in [0.5, 0.6) is 0 Å². The summed E-state index contributed by atoms with van der Waals surface area (Å²) >= 11 is 12.1. The van der Waals surface area contributed by atoms with E-state index < -0.39 is 18.0 Å². The minimum Gasteiger partial charge on any atom is -0.442 e. The van der Waals surface area contributed by atoms with Gasteiger partial charge in [-0.05, 0) is 30.3 Å². The van der Waals surface area contributed by atoms with E-state index in [2.05, 4.69) is 15.3 Å². The van der Waals surface area contributed by atoms with Gasteiger partial charge >= 0.3 is 6.09 Å². The Hall–Kier alpha value is -3.41. The number of hydrogen-bond donors (Lipinski definition) is 2. The van der Waals surface area contributed by atoms with Gasteiger partial charge in [-0.25, -0.2) is 14.2 Å². The molecule has 2 aromatic carbocycles. The number of nitrogens with zero attached hydrogens (tertiary/aromatic N) is 4. The van der Waals surface area contributed by atoms with Crippen LogP contribution in [0.25, 0.3) is 11.0 Å². The Morgan fingerprint density at radius 3 is 2.61 bits per heavy atom. The molecule has 38 heavy (non-hydrogen) atoms. The Bertz CT molecular complexity index is 1370. The third kappa shape index (κ3) is 5.54. The van der Waals surface area contributed by atoms with Gasteiger partial charge in [-0.3, -0.25) is 19.4 Å². The van der Waals surface area contributed by atoms with Crippen molar-refractivity contribution in [1.82, 2.24) is 20.2 Å². The van der Waals surface area contributed by atoms with Crippen LogP contribution >= 0.6 is 23.2 Å². The molecule has 13 heteroatoms. The number of halogens is 3. The molecule has 2 aliphatic heterocycles. The lowest BCUT2D eigenvalue weighted by Gasteiger charge is -2.35. The summed E-state index contributed by atoms with van der Waals surface area (Å²) in [7, 11) is 0. The summed E-state index contributed by atoms with van der Waals surface area (Å²) in [4.78, 5) is 48.7. The number of ether oxygens (including phenoxy) is 1. The number of fused-ring (bicyclic) bond motifs is 1. The van der Waals surface area contributed by atoms with Gasteiger partial charge in [0.1, 0.15) is 11.9 Å². The maximum atomic E-state index is 15.1. The van der Waals surface area contributed by atoms with Crippen molar-refractivity contribution in [3.05, 3.63) is 52.0 Å². The second-order valence-corrected chi connectivity index (χ2v) is 10.1. The molecule has 0 spiro atoms. The minimum absolute atomic E-state index is 0.160. The van der Waals surface area contributed by atoms with Crippen molar-refractivity contribution < 1.29 is 23.5 Å². The number of nitrogens with one attached hydrogen (secondary N) is 2. The van der Waals surface area contributed by atoms with Gasteiger partial charge in [-0.1, -0.05) is 23.2 Å². The standard InChI is InChI=1S/C25H25Cl2FN6O4/c1-14(35)29-11-16-12-34(25(37)38-16)15-2-3-22(19(28)8-15)33-6-4-32(5-7-33)13-23(36)24-30-20-9-17(26)18(27)10-21(20)31-24/h2-3,8-10,16H,4-7,11-13H2,1H3,(H,29,35)(H,30,31)/t16-/m0/s1. The molecule has 0 aliphatic carbocycles. The summed E-state index contributed by atoms with van der Waals surface area (Å²) in [6, 6.07) is 7.88. The van der Waals surface area contributed by atoms with E-state index >= 15 is 4.39 Å². The fourth-order valence-corrected chi connectivity index (χ4v) is 4.90. The number of ketones is 1. The fraction of sp³-hybridized carbons (Fsp3) is 0.360. The van der Waals surface area contributed by atoms with Crippen LogP contribution < -0.4 is 15.1 Å². The highest BCUT2D eigenvalue weighted by atomic mass is 35.5. The van der Waals surface area contributed by atoms with E-state index in [1.165, 1.54) is 17.9 Å². The molecule has 2 saturated heterocycles. The topological polar surface area (TPSA) is 111 Å². The molecule has 1 atom stereocenters. The van der Waals surface area contributed by atoms with E-state index in [0.717, 1.165) is 0 Å². The number of rotatable bonds is 7. The number of aromatic nitrogens is 2. The number of cyclic esters (lactones) is 1. The van der Waals surface area contributed by atoms with Crippen molar-refractivity contribution in [3.8, 4) is 0 Å². The second kappa shape index (κ2) is 10.8. The molecule has 0 unspecified atom stereocenters. The first-order valence-electron chi connectivity index (χ1n) is 12.1. The molecule has 3 aromatic rings. The van der Waals surface area contributed by atoms with Crippen molar-refractivity contribution in [2.45, 2.75) is 13.0 Å². The minimum atomic E-state index is -0.582. The molecule has 5 rings (SSSR count). The van der Waals surface area contributed by atoms with Gasteiger partial charge in [0.25, 0.3) is 0 Å². The van der Waals surface area contributed by atoms with E-state index in [1.54, 1.807) is 24.3 Å². The summed E-state index contributed by atoms with van der Waals surface area (Å²) in [5.41, 5.74) is 2.02.